The Morgan fingerprint density at radius 3 is 1.00 bits per heavy atom. The Balaban J connectivity index is 1.30. The lowest BCUT2D eigenvalue weighted by Gasteiger charge is -2.16. The minimum absolute atomic E-state index is 0.631. The lowest BCUT2D eigenvalue weighted by Crippen LogP contribution is -2.00. The highest BCUT2D eigenvalue weighted by molar-refractivity contribution is 6.16. The third-order valence-corrected chi connectivity index (χ3v) is 10.0. The highest BCUT2D eigenvalue weighted by Gasteiger charge is 2.18. The lowest BCUT2D eigenvalue weighted by molar-refractivity contribution is 1.07. The van der Waals surface area contributed by atoms with Crippen LogP contribution >= 0.6 is 0 Å². The van der Waals surface area contributed by atoms with E-state index in [1.54, 1.807) is 0 Å². The van der Waals surface area contributed by atoms with Gasteiger partial charge in [-0.2, -0.15) is 0 Å². The van der Waals surface area contributed by atoms with Crippen molar-refractivity contribution in [3.63, 3.8) is 0 Å². The van der Waals surface area contributed by atoms with Gasteiger partial charge in [0.05, 0.1) is 0 Å². The molecule has 0 saturated heterocycles. The zero-order valence-corrected chi connectivity index (χ0v) is 28.2. The average Bonchev–Trinajstić information content (AvgIpc) is 3.23. The van der Waals surface area contributed by atoms with Crippen LogP contribution in [0.3, 0.4) is 0 Å². The van der Waals surface area contributed by atoms with E-state index in [-0.39, 0.29) is 0 Å². The van der Waals surface area contributed by atoms with Crippen LogP contribution < -0.4 is 0 Å². The summed E-state index contributed by atoms with van der Waals surface area (Å²) < 4.78 is 0. The minimum Gasteiger partial charge on any atom is -0.208 e. The molecule has 52 heavy (non-hydrogen) atoms. The maximum Gasteiger partial charge on any atom is 0.164 e. The van der Waals surface area contributed by atoms with Crippen molar-refractivity contribution in [3.05, 3.63) is 188 Å². The number of fused-ring (bicyclic) bond motifs is 6. The first-order valence-electron chi connectivity index (χ1n) is 17.6. The fraction of sp³-hybridized carbons (Fsp3) is 0. The van der Waals surface area contributed by atoms with Crippen molar-refractivity contribution in [2.75, 3.05) is 0 Å². The Labute approximate surface area is 301 Å². The minimum atomic E-state index is 0.631. The van der Waals surface area contributed by atoms with Crippen LogP contribution in [0.25, 0.3) is 99.5 Å². The molecule has 0 aliphatic rings. The summed E-state index contributed by atoms with van der Waals surface area (Å²) in [5.41, 5.74) is 7.37. The summed E-state index contributed by atoms with van der Waals surface area (Å²) >= 11 is 0. The molecule has 0 unspecified atom stereocenters. The van der Waals surface area contributed by atoms with Gasteiger partial charge in [0.15, 0.2) is 17.5 Å². The number of aromatic nitrogens is 3. The fourth-order valence-electron chi connectivity index (χ4n) is 7.59. The summed E-state index contributed by atoms with van der Waals surface area (Å²) in [5.74, 6) is 1.92. The summed E-state index contributed by atoms with van der Waals surface area (Å²) in [5, 5.41) is 9.78. The van der Waals surface area contributed by atoms with E-state index < -0.39 is 0 Å². The Morgan fingerprint density at radius 1 is 0.231 bits per heavy atom. The van der Waals surface area contributed by atoms with Gasteiger partial charge in [0.25, 0.3) is 0 Å². The van der Waals surface area contributed by atoms with E-state index in [0.717, 1.165) is 27.8 Å². The van der Waals surface area contributed by atoms with Crippen LogP contribution in [-0.4, -0.2) is 15.0 Å². The maximum absolute atomic E-state index is 5.17. The molecule has 1 aromatic heterocycles. The summed E-state index contributed by atoms with van der Waals surface area (Å²) in [6, 6.07) is 66.6. The maximum atomic E-state index is 5.17. The van der Waals surface area contributed by atoms with Crippen LogP contribution in [0.5, 0.6) is 0 Å². The molecule has 0 fully saturated rings. The lowest BCUT2D eigenvalue weighted by atomic mass is 9.88. The Morgan fingerprint density at radius 2 is 0.558 bits per heavy atom. The topological polar surface area (TPSA) is 38.7 Å². The quantitative estimate of drug-likeness (QED) is 0.172. The van der Waals surface area contributed by atoms with Gasteiger partial charge in [-0.15, -0.1) is 0 Å². The number of benzene rings is 9. The molecule has 242 valence electrons. The fourth-order valence-corrected chi connectivity index (χ4v) is 7.59. The molecule has 0 radical (unpaired) electrons. The number of rotatable bonds is 5. The van der Waals surface area contributed by atoms with Gasteiger partial charge in [-0.25, -0.2) is 15.0 Å². The van der Waals surface area contributed by atoms with Crippen LogP contribution in [0.2, 0.25) is 0 Å². The van der Waals surface area contributed by atoms with Gasteiger partial charge in [-0.3, -0.25) is 0 Å². The van der Waals surface area contributed by atoms with Gasteiger partial charge in [0.1, 0.15) is 0 Å². The molecule has 0 aliphatic heterocycles. The van der Waals surface area contributed by atoms with E-state index in [2.05, 4.69) is 152 Å². The van der Waals surface area contributed by atoms with Gasteiger partial charge < -0.3 is 0 Å². The van der Waals surface area contributed by atoms with E-state index in [9.17, 15) is 0 Å². The smallest absolute Gasteiger partial charge is 0.164 e. The molecule has 0 saturated carbocycles. The van der Waals surface area contributed by atoms with E-state index in [1.165, 1.54) is 54.2 Å². The third kappa shape index (κ3) is 5.19. The second-order valence-corrected chi connectivity index (χ2v) is 13.2. The molecule has 9 aromatic carbocycles. The third-order valence-electron chi connectivity index (χ3n) is 10.0. The van der Waals surface area contributed by atoms with E-state index >= 15 is 0 Å². The average molecular weight is 662 g/mol. The zero-order chi connectivity index (χ0) is 34.4. The molecule has 0 atom stereocenters. The summed E-state index contributed by atoms with van der Waals surface area (Å²) in [7, 11) is 0. The van der Waals surface area contributed by atoms with Gasteiger partial charge in [0.2, 0.25) is 0 Å². The molecule has 3 nitrogen and oxygen atoms in total. The van der Waals surface area contributed by atoms with E-state index in [4.69, 9.17) is 15.0 Å². The van der Waals surface area contributed by atoms with E-state index in [0.29, 0.717) is 17.5 Å². The molecule has 10 rings (SSSR count). The molecule has 10 aromatic rings. The predicted molar refractivity (Wildman–Crippen MR) is 217 cm³/mol. The second kappa shape index (κ2) is 12.4. The monoisotopic (exact) mass is 661 g/mol. The van der Waals surface area contributed by atoms with Gasteiger partial charge in [0, 0.05) is 16.7 Å². The largest absolute Gasteiger partial charge is 0.208 e. The molecule has 0 spiro atoms. The van der Waals surface area contributed by atoms with Crippen LogP contribution in [0.15, 0.2) is 188 Å². The molecular weight excluding hydrogens is 631 g/mol. The highest BCUT2D eigenvalue weighted by Crippen LogP contribution is 2.41. The van der Waals surface area contributed by atoms with E-state index in [1.807, 2.05) is 36.4 Å². The van der Waals surface area contributed by atoms with Gasteiger partial charge in [-0.05, 0) is 95.7 Å². The molecule has 1 heterocycles. The highest BCUT2D eigenvalue weighted by atomic mass is 15.0. The summed E-state index contributed by atoms with van der Waals surface area (Å²) in [4.78, 5) is 15.3. The van der Waals surface area contributed by atoms with Crippen molar-refractivity contribution >= 4 is 43.1 Å². The Kier molecular flexibility index (Phi) is 7.14. The second-order valence-electron chi connectivity index (χ2n) is 13.2. The first-order chi connectivity index (χ1) is 25.8. The molecule has 0 bridgehead atoms. The van der Waals surface area contributed by atoms with Crippen molar-refractivity contribution in [2.45, 2.75) is 0 Å². The number of hydrogen-bond donors (Lipinski definition) is 0. The van der Waals surface area contributed by atoms with Crippen LogP contribution in [0, 0.1) is 0 Å². The number of hydrogen-bond acceptors (Lipinski definition) is 3. The van der Waals surface area contributed by atoms with Crippen molar-refractivity contribution < 1.29 is 0 Å². The Hall–Kier alpha value is -6.97. The predicted octanol–water partition coefficient (Wildman–Crippen LogP) is 12.8. The SMILES string of the molecule is c1ccc(-c2nc(-c3ccccc3)nc(-c3cc(-c4cc5ccccc5c5ccccc45)cc(-c4cc5ccccc5c5ccccc45)c3)n2)cc1. The first-order valence-corrected chi connectivity index (χ1v) is 17.6. The number of nitrogens with zero attached hydrogens (tertiary/aromatic N) is 3. The standard InChI is InChI=1S/C49H31N3/c1-3-15-32(16-4-1)47-50-48(33-17-5-2-6-18-33)52-49(51-47)38-28-36(45-30-34-19-7-9-21-39(34)41-23-11-13-25-43(41)45)27-37(29-38)46-31-35-20-8-10-22-40(35)42-24-12-14-26-44(42)46/h1-31H. The molecule has 0 N–H and O–H groups in total. The van der Waals surface area contributed by atoms with Crippen LogP contribution in [0.1, 0.15) is 0 Å². The van der Waals surface area contributed by atoms with Gasteiger partial charge in [-0.1, -0.05) is 158 Å². The van der Waals surface area contributed by atoms with Crippen LogP contribution in [-0.2, 0) is 0 Å². The summed E-state index contributed by atoms with van der Waals surface area (Å²) in [6.07, 6.45) is 0. The molecule has 0 aliphatic carbocycles. The molecule has 3 heteroatoms. The normalized spacial score (nSPS) is 11.5. The molecule has 0 amide bonds. The van der Waals surface area contributed by atoms with Gasteiger partial charge >= 0.3 is 0 Å². The molecular formula is C49H31N3. The van der Waals surface area contributed by atoms with Crippen molar-refractivity contribution in [1.82, 2.24) is 15.0 Å². The van der Waals surface area contributed by atoms with Crippen LogP contribution in [0.4, 0.5) is 0 Å². The summed E-state index contributed by atoms with van der Waals surface area (Å²) in [6.45, 7) is 0. The zero-order valence-electron chi connectivity index (χ0n) is 28.2. The van der Waals surface area contributed by atoms with Crippen molar-refractivity contribution in [1.29, 1.82) is 0 Å². The van der Waals surface area contributed by atoms with Crippen molar-refractivity contribution in [3.8, 4) is 56.4 Å². The first kappa shape index (κ1) is 29.9. The van der Waals surface area contributed by atoms with Crippen molar-refractivity contribution in [2.24, 2.45) is 0 Å². The Bertz CT molecular complexity index is 2760.